The van der Waals surface area contributed by atoms with Crippen LogP contribution in [0.2, 0.25) is 0 Å². The summed E-state index contributed by atoms with van der Waals surface area (Å²) in [6.07, 6.45) is -4.38. The minimum absolute atomic E-state index is 0.106. The Balaban J connectivity index is 2.51. The number of benzene rings is 1. The molecule has 0 atom stereocenters. The van der Waals surface area contributed by atoms with E-state index in [0.717, 1.165) is 12.1 Å². The van der Waals surface area contributed by atoms with Gasteiger partial charge in [-0.15, -0.1) is 0 Å². The Labute approximate surface area is 101 Å². The van der Waals surface area contributed by atoms with Crippen molar-refractivity contribution < 1.29 is 13.2 Å². The van der Waals surface area contributed by atoms with Gasteiger partial charge in [0.05, 0.1) is 5.56 Å². The van der Waals surface area contributed by atoms with E-state index in [1.807, 2.05) is 0 Å². The summed E-state index contributed by atoms with van der Waals surface area (Å²) in [6.45, 7) is 0. The van der Waals surface area contributed by atoms with E-state index >= 15 is 0 Å². The minimum Gasteiger partial charge on any atom is -0.384 e. The first-order valence-corrected chi connectivity index (χ1v) is 5.07. The predicted octanol–water partition coefficient (Wildman–Crippen LogP) is 2.93. The molecule has 0 saturated heterocycles. The van der Waals surface area contributed by atoms with E-state index in [0.29, 0.717) is 11.1 Å². The summed E-state index contributed by atoms with van der Waals surface area (Å²) < 4.78 is 37.7. The monoisotopic (exact) mass is 253 g/mol. The third-order valence-corrected chi connectivity index (χ3v) is 2.45. The zero-order valence-corrected chi connectivity index (χ0v) is 9.20. The first-order valence-electron chi connectivity index (χ1n) is 5.07. The predicted molar refractivity (Wildman–Crippen MR) is 63.5 cm³/mol. The quantitative estimate of drug-likeness (QED) is 0.821. The van der Waals surface area contributed by atoms with Crippen LogP contribution in [-0.4, -0.2) is 4.98 Å². The second kappa shape index (κ2) is 4.21. The van der Waals surface area contributed by atoms with Crippen molar-refractivity contribution in [2.75, 3.05) is 11.5 Å². The molecule has 1 aromatic carbocycles. The Hall–Kier alpha value is -2.24. The highest BCUT2D eigenvalue weighted by Crippen LogP contribution is 2.33. The Kier molecular flexibility index (Phi) is 2.86. The standard InChI is InChI=1S/C12H10F3N3/c13-12(14,15)8-3-1-2-7(6-8)9-4-5-10(16)18-11(9)17/h1-6H,(H4,16,17,18). The van der Waals surface area contributed by atoms with Crippen LogP contribution >= 0.6 is 0 Å². The molecule has 3 nitrogen and oxygen atoms in total. The van der Waals surface area contributed by atoms with Crippen LogP contribution < -0.4 is 11.5 Å². The molecule has 0 saturated carbocycles. The molecule has 0 amide bonds. The summed E-state index contributed by atoms with van der Waals surface area (Å²) in [6, 6.07) is 7.94. The van der Waals surface area contributed by atoms with Gasteiger partial charge in [0.15, 0.2) is 0 Å². The van der Waals surface area contributed by atoms with Crippen LogP contribution in [0.5, 0.6) is 0 Å². The molecular formula is C12H10F3N3. The smallest absolute Gasteiger partial charge is 0.384 e. The molecule has 1 heterocycles. The molecule has 0 spiro atoms. The van der Waals surface area contributed by atoms with Crippen molar-refractivity contribution in [3.63, 3.8) is 0 Å². The van der Waals surface area contributed by atoms with Crippen molar-refractivity contribution in [3.05, 3.63) is 42.0 Å². The Morgan fingerprint density at radius 2 is 1.72 bits per heavy atom. The van der Waals surface area contributed by atoms with Crippen LogP contribution in [0.1, 0.15) is 5.56 Å². The maximum absolute atomic E-state index is 12.6. The van der Waals surface area contributed by atoms with Crippen molar-refractivity contribution >= 4 is 11.6 Å². The fraction of sp³-hybridized carbons (Fsp3) is 0.0833. The molecule has 0 radical (unpaired) electrons. The Morgan fingerprint density at radius 1 is 1.00 bits per heavy atom. The highest BCUT2D eigenvalue weighted by molar-refractivity contribution is 5.75. The molecule has 18 heavy (non-hydrogen) atoms. The number of alkyl halides is 3. The van der Waals surface area contributed by atoms with Crippen LogP contribution in [0.25, 0.3) is 11.1 Å². The minimum atomic E-state index is -4.38. The van der Waals surface area contributed by atoms with Crippen LogP contribution in [-0.2, 0) is 6.18 Å². The van der Waals surface area contributed by atoms with Gasteiger partial charge in [0.1, 0.15) is 11.6 Å². The summed E-state index contributed by atoms with van der Waals surface area (Å²) in [4.78, 5) is 3.82. The summed E-state index contributed by atoms with van der Waals surface area (Å²) in [7, 11) is 0. The fourth-order valence-corrected chi connectivity index (χ4v) is 1.60. The van der Waals surface area contributed by atoms with Crippen molar-refractivity contribution in [1.82, 2.24) is 4.98 Å². The van der Waals surface area contributed by atoms with Gasteiger partial charge in [-0.3, -0.25) is 0 Å². The topological polar surface area (TPSA) is 64.9 Å². The van der Waals surface area contributed by atoms with Crippen LogP contribution in [0.3, 0.4) is 0 Å². The summed E-state index contributed by atoms with van der Waals surface area (Å²) in [5, 5.41) is 0. The van der Waals surface area contributed by atoms with Crippen molar-refractivity contribution in [2.24, 2.45) is 0 Å². The van der Waals surface area contributed by atoms with Crippen LogP contribution in [0, 0.1) is 0 Å². The van der Waals surface area contributed by atoms with Gasteiger partial charge < -0.3 is 11.5 Å². The highest BCUT2D eigenvalue weighted by Gasteiger charge is 2.30. The number of hydrogen-bond donors (Lipinski definition) is 2. The van der Waals surface area contributed by atoms with E-state index in [1.165, 1.54) is 12.1 Å². The lowest BCUT2D eigenvalue weighted by Gasteiger charge is -2.10. The number of pyridine rings is 1. The second-order valence-corrected chi connectivity index (χ2v) is 3.75. The molecule has 1 aromatic heterocycles. The van der Waals surface area contributed by atoms with Gasteiger partial charge in [-0.2, -0.15) is 13.2 Å². The number of hydrogen-bond acceptors (Lipinski definition) is 3. The summed E-state index contributed by atoms with van der Waals surface area (Å²) >= 11 is 0. The maximum atomic E-state index is 12.6. The SMILES string of the molecule is Nc1ccc(-c2cccc(C(F)(F)F)c2)c(N)n1. The molecule has 0 unspecified atom stereocenters. The lowest BCUT2D eigenvalue weighted by Crippen LogP contribution is -2.05. The third kappa shape index (κ3) is 2.37. The van der Waals surface area contributed by atoms with Crippen LogP contribution in [0.15, 0.2) is 36.4 Å². The molecule has 0 fully saturated rings. The van der Waals surface area contributed by atoms with Gasteiger partial charge >= 0.3 is 6.18 Å². The maximum Gasteiger partial charge on any atom is 0.416 e. The molecule has 6 heteroatoms. The van der Waals surface area contributed by atoms with Gasteiger partial charge in [-0.05, 0) is 29.8 Å². The van der Waals surface area contributed by atoms with Crippen molar-refractivity contribution in [2.45, 2.75) is 6.18 Å². The molecule has 0 aliphatic carbocycles. The Morgan fingerprint density at radius 3 is 2.33 bits per heavy atom. The van der Waals surface area contributed by atoms with Gasteiger partial charge in [0.25, 0.3) is 0 Å². The van der Waals surface area contributed by atoms with Gasteiger partial charge in [0, 0.05) is 5.56 Å². The van der Waals surface area contributed by atoms with Crippen molar-refractivity contribution in [3.8, 4) is 11.1 Å². The zero-order chi connectivity index (χ0) is 13.3. The van der Waals surface area contributed by atoms with Gasteiger partial charge in [0.2, 0.25) is 0 Å². The summed E-state index contributed by atoms with van der Waals surface area (Å²) in [5.41, 5.74) is 11.1. The third-order valence-electron chi connectivity index (χ3n) is 2.45. The van der Waals surface area contributed by atoms with Gasteiger partial charge in [-0.25, -0.2) is 4.98 Å². The van der Waals surface area contributed by atoms with Crippen LogP contribution in [0.4, 0.5) is 24.8 Å². The molecule has 0 aliphatic heterocycles. The number of anilines is 2. The molecule has 2 rings (SSSR count). The molecule has 0 aliphatic rings. The molecule has 4 N–H and O–H groups in total. The number of nitrogens with zero attached hydrogens (tertiary/aromatic N) is 1. The number of halogens is 3. The number of rotatable bonds is 1. The molecule has 94 valence electrons. The zero-order valence-electron chi connectivity index (χ0n) is 9.20. The van der Waals surface area contributed by atoms with Crippen molar-refractivity contribution in [1.29, 1.82) is 0 Å². The first kappa shape index (κ1) is 12.2. The number of aromatic nitrogens is 1. The Bertz CT molecular complexity index is 579. The van der Waals surface area contributed by atoms with E-state index in [1.54, 1.807) is 12.1 Å². The normalized spacial score (nSPS) is 11.5. The van der Waals surface area contributed by atoms with E-state index in [9.17, 15) is 13.2 Å². The molecular weight excluding hydrogens is 243 g/mol. The van der Waals surface area contributed by atoms with E-state index < -0.39 is 11.7 Å². The first-order chi connectivity index (χ1) is 8.38. The van der Waals surface area contributed by atoms with E-state index in [4.69, 9.17) is 11.5 Å². The second-order valence-electron chi connectivity index (χ2n) is 3.75. The highest BCUT2D eigenvalue weighted by atomic mass is 19.4. The van der Waals surface area contributed by atoms with E-state index in [2.05, 4.69) is 4.98 Å². The number of nitrogens with two attached hydrogens (primary N) is 2. The number of nitrogen functional groups attached to an aromatic ring is 2. The van der Waals surface area contributed by atoms with Gasteiger partial charge in [-0.1, -0.05) is 12.1 Å². The molecule has 2 aromatic rings. The summed E-state index contributed by atoms with van der Waals surface area (Å²) in [5.74, 6) is 0.331. The molecule has 0 bridgehead atoms. The lowest BCUT2D eigenvalue weighted by atomic mass is 10.0. The van der Waals surface area contributed by atoms with E-state index in [-0.39, 0.29) is 11.6 Å². The average molecular weight is 253 g/mol. The largest absolute Gasteiger partial charge is 0.416 e. The lowest BCUT2D eigenvalue weighted by molar-refractivity contribution is -0.137. The average Bonchev–Trinajstić information content (AvgIpc) is 2.28. The fourth-order valence-electron chi connectivity index (χ4n) is 1.60.